The first-order valence-electron chi connectivity index (χ1n) is 11.0. The molecule has 1 saturated heterocycles. The molecule has 2 fully saturated rings. The van der Waals surface area contributed by atoms with Crippen molar-refractivity contribution in [3.8, 4) is 0 Å². The molecule has 5 heteroatoms. The first-order chi connectivity index (χ1) is 13.5. The van der Waals surface area contributed by atoms with E-state index in [9.17, 15) is 4.79 Å². The highest BCUT2D eigenvalue weighted by atomic mass is 16.2. The molecule has 1 aliphatic heterocycles. The SMILES string of the molecule is CC1CCCCC1NC(=O)NC(CN(C)C1CCN(C)CC1)c1ccccc1. The van der Waals surface area contributed by atoms with Crippen LogP contribution in [0.15, 0.2) is 30.3 Å². The molecule has 1 aromatic carbocycles. The van der Waals surface area contributed by atoms with Gasteiger partial charge in [-0.05, 0) is 64.3 Å². The molecule has 28 heavy (non-hydrogen) atoms. The smallest absolute Gasteiger partial charge is 0.315 e. The summed E-state index contributed by atoms with van der Waals surface area (Å²) in [6, 6.07) is 11.3. The molecule has 0 bridgehead atoms. The number of carbonyl (C=O) groups excluding carboxylic acids is 1. The van der Waals surface area contributed by atoms with Gasteiger partial charge in [0.1, 0.15) is 0 Å². The van der Waals surface area contributed by atoms with Gasteiger partial charge in [-0.3, -0.25) is 0 Å². The van der Waals surface area contributed by atoms with Crippen molar-refractivity contribution in [1.82, 2.24) is 20.4 Å². The molecular weight excluding hydrogens is 348 g/mol. The normalized spacial score (nSPS) is 25.4. The number of nitrogens with one attached hydrogen (secondary N) is 2. The van der Waals surface area contributed by atoms with E-state index in [4.69, 9.17) is 0 Å². The number of nitrogens with zero attached hydrogens (tertiary/aromatic N) is 2. The highest BCUT2D eigenvalue weighted by Crippen LogP contribution is 2.24. The van der Waals surface area contributed by atoms with Crippen molar-refractivity contribution in [3.05, 3.63) is 35.9 Å². The van der Waals surface area contributed by atoms with Crippen LogP contribution in [0.2, 0.25) is 0 Å². The lowest BCUT2D eigenvalue weighted by Crippen LogP contribution is -2.50. The third kappa shape index (κ3) is 5.95. The highest BCUT2D eigenvalue weighted by Gasteiger charge is 2.26. The Kier molecular flexibility index (Phi) is 7.74. The Morgan fingerprint density at radius 2 is 1.82 bits per heavy atom. The molecule has 0 spiro atoms. The summed E-state index contributed by atoms with van der Waals surface area (Å²) in [6.07, 6.45) is 7.21. The molecule has 1 aliphatic carbocycles. The van der Waals surface area contributed by atoms with Crippen LogP contribution in [0, 0.1) is 5.92 Å². The van der Waals surface area contributed by atoms with Gasteiger partial charge in [0.15, 0.2) is 0 Å². The molecule has 1 aromatic rings. The van der Waals surface area contributed by atoms with E-state index in [2.05, 4.69) is 65.7 Å². The fraction of sp³-hybridized carbons (Fsp3) is 0.696. The number of piperidine rings is 1. The molecule has 3 rings (SSSR count). The van der Waals surface area contributed by atoms with Crippen LogP contribution in [-0.4, -0.2) is 61.6 Å². The molecular formula is C23H38N4O. The van der Waals surface area contributed by atoms with Crippen molar-refractivity contribution < 1.29 is 4.79 Å². The number of rotatable bonds is 6. The number of carbonyl (C=O) groups is 1. The monoisotopic (exact) mass is 386 g/mol. The zero-order chi connectivity index (χ0) is 19.9. The summed E-state index contributed by atoms with van der Waals surface area (Å²) in [4.78, 5) is 17.6. The number of likely N-dealkylation sites (N-methyl/N-ethyl adjacent to an activating group) is 1. The topological polar surface area (TPSA) is 47.6 Å². The Morgan fingerprint density at radius 3 is 2.50 bits per heavy atom. The van der Waals surface area contributed by atoms with Crippen LogP contribution in [-0.2, 0) is 0 Å². The Hall–Kier alpha value is -1.59. The van der Waals surface area contributed by atoms with E-state index in [1.54, 1.807) is 0 Å². The molecule has 1 heterocycles. The molecule has 0 radical (unpaired) electrons. The zero-order valence-electron chi connectivity index (χ0n) is 17.9. The number of hydrogen-bond donors (Lipinski definition) is 2. The van der Waals surface area contributed by atoms with Gasteiger partial charge in [-0.2, -0.15) is 0 Å². The second kappa shape index (κ2) is 10.3. The van der Waals surface area contributed by atoms with E-state index >= 15 is 0 Å². The predicted molar refractivity (Wildman–Crippen MR) is 115 cm³/mol. The Morgan fingerprint density at radius 1 is 1.14 bits per heavy atom. The van der Waals surface area contributed by atoms with Crippen molar-refractivity contribution in [3.63, 3.8) is 0 Å². The Bertz CT molecular complexity index is 600. The average Bonchev–Trinajstić information content (AvgIpc) is 2.70. The van der Waals surface area contributed by atoms with Gasteiger partial charge < -0.3 is 20.4 Å². The molecule has 0 aromatic heterocycles. The minimum atomic E-state index is -0.0237. The number of benzene rings is 1. The lowest BCUT2D eigenvalue weighted by Gasteiger charge is -2.37. The van der Waals surface area contributed by atoms with E-state index in [1.807, 2.05) is 6.07 Å². The predicted octanol–water partition coefficient (Wildman–Crippen LogP) is 3.63. The van der Waals surface area contributed by atoms with E-state index in [1.165, 1.54) is 37.7 Å². The standard InChI is InChI=1S/C23H38N4O/c1-18-9-7-8-12-21(18)24-23(28)25-22(19-10-5-4-6-11-19)17-27(3)20-13-15-26(2)16-14-20/h4-6,10-11,18,20-22H,7-9,12-17H2,1-3H3,(H2,24,25,28). The van der Waals surface area contributed by atoms with E-state index in [-0.39, 0.29) is 12.1 Å². The lowest BCUT2D eigenvalue weighted by atomic mass is 9.86. The van der Waals surface area contributed by atoms with Gasteiger partial charge in [-0.1, -0.05) is 50.1 Å². The summed E-state index contributed by atoms with van der Waals surface area (Å²) in [7, 11) is 4.40. The molecule has 3 unspecified atom stereocenters. The van der Waals surface area contributed by atoms with Crippen LogP contribution in [0.25, 0.3) is 0 Å². The highest BCUT2D eigenvalue weighted by molar-refractivity contribution is 5.74. The van der Waals surface area contributed by atoms with Crippen molar-refractivity contribution in [2.75, 3.05) is 33.7 Å². The minimum absolute atomic E-state index is 0.00440. The molecule has 2 N–H and O–H groups in total. The molecule has 156 valence electrons. The first kappa shape index (κ1) is 21.1. The maximum Gasteiger partial charge on any atom is 0.315 e. The third-order valence-electron chi connectivity index (χ3n) is 6.72. The zero-order valence-corrected chi connectivity index (χ0v) is 17.9. The maximum atomic E-state index is 12.8. The van der Waals surface area contributed by atoms with Crippen molar-refractivity contribution >= 4 is 6.03 Å². The van der Waals surface area contributed by atoms with Gasteiger partial charge in [0, 0.05) is 18.6 Å². The van der Waals surface area contributed by atoms with Crippen molar-refractivity contribution in [2.24, 2.45) is 5.92 Å². The largest absolute Gasteiger partial charge is 0.335 e. The molecule has 1 saturated carbocycles. The van der Waals surface area contributed by atoms with Crippen LogP contribution in [0.4, 0.5) is 4.79 Å². The van der Waals surface area contributed by atoms with Gasteiger partial charge in [0.25, 0.3) is 0 Å². The summed E-state index contributed by atoms with van der Waals surface area (Å²) >= 11 is 0. The first-order valence-corrected chi connectivity index (χ1v) is 11.0. The minimum Gasteiger partial charge on any atom is -0.335 e. The molecule has 5 nitrogen and oxygen atoms in total. The van der Waals surface area contributed by atoms with E-state index in [0.717, 1.165) is 26.1 Å². The fourth-order valence-corrected chi connectivity index (χ4v) is 4.69. The summed E-state index contributed by atoms with van der Waals surface area (Å²) in [6.45, 7) is 5.40. The van der Waals surface area contributed by atoms with Crippen LogP contribution in [0.3, 0.4) is 0 Å². The second-order valence-corrected chi connectivity index (χ2v) is 8.92. The van der Waals surface area contributed by atoms with Crippen LogP contribution >= 0.6 is 0 Å². The number of likely N-dealkylation sites (tertiary alicyclic amines) is 1. The van der Waals surface area contributed by atoms with Gasteiger partial charge in [0.2, 0.25) is 0 Å². The number of hydrogen-bond acceptors (Lipinski definition) is 3. The lowest BCUT2D eigenvalue weighted by molar-refractivity contribution is 0.134. The average molecular weight is 387 g/mol. The van der Waals surface area contributed by atoms with Gasteiger partial charge in [0.05, 0.1) is 6.04 Å². The second-order valence-electron chi connectivity index (χ2n) is 8.92. The summed E-state index contributed by atoms with van der Waals surface area (Å²) < 4.78 is 0. The molecule has 2 amide bonds. The third-order valence-corrected chi connectivity index (χ3v) is 6.72. The van der Waals surface area contributed by atoms with Crippen LogP contribution in [0.1, 0.15) is 57.1 Å². The fourth-order valence-electron chi connectivity index (χ4n) is 4.69. The summed E-state index contributed by atoms with van der Waals surface area (Å²) in [5.74, 6) is 0.566. The Labute approximate surface area is 170 Å². The summed E-state index contributed by atoms with van der Waals surface area (Å²) in [5.41, 5.74) is 1.18. The van der Waals surface area contributed by atoms with Gasteiger partial charge in [-0.25, -0.2) is 4.79 Å². The van der Waals surface area contributed by atoms with Crippen molar-refractivity contribution in [2.45, 2.75) is 63.6 Å². The molecule has 3 atom stereocenters. The Balaban J connectivity index is 1.61. The number of amides is 2. The van der Waals surface area contributed by atoms with Gasteiger partial charge >= 0.3 is 6.03 Å². The van der Waals surface area contributed by atoms with Crippen molar-refractivity contribution in [1.29, 1.82) is 0 Å². The summed E-state index contributed by atoms with van der Waals surface area (Å²) in [5, 5.41) is 6.53. The van der Waals surface area contributed by atoms with Crippen LogP contribution < -0.4 is 10.6 Å². The quantitative estimate of drug-likeness (QED) is 0.785. The van der Waals surface area contributed by atoms with Crippen LogP contribution in [0.5, 0.6) is 0 Å². The van der Waals surface area contributed by atoms with E-state index in [0.29, 0.717) is 18.0 Å². The maximum absolute atomic E-state index is 12.8. The van der Waals surface area contributed by atoms with Gasteiger partial charge in [-0.15, -0.1) is 0 Å². The number of urea groups is 1. The van der Waals surface area contributed by atoms with E-state index < -0.39 is 0 Å². The molecule has 2 aliphatic rings.